The molecule has 0 unspecified atom stereocenters. The van der Waals surface area contributed by atoms with Crippen molar-refractivity contribution in [3.63, 3.8) is 0 Å². The SMILES string of the molecule is O=C1NCC2=C1[C@@H](c1cccc3[nH]ccc13)N(C(=O)CCc1nccs1)[C@@H]1CCCC[C@H]1N2. The van der Waals surface area contributed by atoms with Crippen LogP contribution in [0.2, 0.25) is 0 Å². The molecule has 2 aromatic heterocycles. The van der Waals surface area contributed by atoms with Gasteiger partial charge in [0.2, 0.25) is 5.91 Å². The number of hydrogen-bond donors (Lipinski definition) is 3. The summed E-state index contributed by atoms with van der Waals surface area (Å²) in [5, 5.41) is 10.7. The van der Waals surface area contributed by atoms with E-state index >= 15 is 0 Å². The number of aryl methyl sites for hydroxylation is 1. The first-order chi connectivity index (χ1) is 16.2. The summed E-state index contributed by atoms with van der Waals surface area (Å²) in [6.07, 6.45) is 8.90. The van der Waals surface area contributed by atoms with Crippen LogP contribution in [0.1, 0.15) is 48.7 Å². The van der Waals surface area contributed by atoms with Gasteiger partial charge in [-0.05, 0) is 30.5 Å². The van der Waals surface area contributed by atoms with Crippen LogP contribution in [0.3, 0.4) is 0 Å². The van der Waals surface area contributed by atoms with Crippen molar-refractivity contribution in [1.82, 2.24) is 25.5 Å². The summed E-state index contributed by atoms with van der Waals surface area (Å²) < 4.78 is 0. The number of nitrogens with zero attached hydrogens (tertiary/aromatic N) is 2. The Kier molecular flexibility index (Phi) is 5.17. The number of aromatic amines is 1. The van der Waals surface area contributed by atoms with Gasteiger partial charge in [-0.1, -0.05) is 25.0 Å². The summed E-state index contributed by atoms with van der Waals surface area (Å²) in [5.74, 6) is 0.0151. The number of benzene rings is 1. The van der Waals surface area contributed by atoms with E-state index in [-0.39, 0.29) is 23.9 Å². The highest BCUT2D eigenvalue weighted by atomic mass is 32.1. The summed E-state index contributed by atoms with van der Waals surface area (Å²) in [6, 6.07) is 7.97. The number of hydrogen-bond acceptors (Lipinski definition) is 5. The van der Waals surface area contributed by atoms with Gasteiger partial charge in [0.05, 0.1) is 29.2 Å². The molecule has 2 amide bonds. The van der Waals surface area contributed by atoms with E-state index in [9.17, 15) is 9.59 Å². The minimum Gasteiger partial charge on any atom is -0.382 e. The molecule has 6 rings (SSSR count). The predicted molar refractivity (Wildman–Crippen MR) is 128 cm³/mol. The lowest BCUT2D eigenvalue weighted by Gasteiger charge is -2.43. The molecular formula is C25H27N5O2S. The van der Waals surface area contributed by atoms with Crippen LogP contribution in [-0.2, 0) is 16.0 Å². The summed E-state index contributed by atoms with van der Waals surface area (Å²) >= 11 is 1.58. The van der Waals surface area contributed by atoms with Gasteiger partial charge in [0.25, 0.3) is 5.91 Å². The van der Waals surface area contributed by atoms with Gasteiger partial charge in [-0.3, -0.25) is 9.59 Å². The van der Waals surface area contributed by atoms with E-state index in [1.165, 1.54) is 0 Å². The monoisotopic (exact) mass is 461 g/mol. The smallest absolute Gasteiger partial charge is 0.251 e. The van der Waals surface area contributed by atoms with Crippen LogP contribution in [-0.4, -0.2) is 45.3 Å². The fourth-order valence-corrected chi connectivity index (χ4v) is 6.40. The molecule has 1 aliphatic carbocycles. The molecule has 33 heavy (non-hydrogen) atoms. The van der Waals surface area contributed by atoms with Crippen LogP contribution in [0.15, 0.2) is 53.3 Å². The highest BCUT2D eigenvalue weighted by Gasteiger charge is 2.46. The van der Waals surface area contributed by atoms with Crippen LogP contribution in [0.4, 0.5) is 0 Å². The van der Waals surface area contributed by atoms with Crippen LogP contribution in [0.25, 0.3) is 10.9 Å². The van der Waals surface area contributed by atoms with Crippen LogP contribution in [0, 0.1) is 0 Å². The Morgan fingerprint density at radius 2 is 2.12 bits per heavy atom. The van der Waals surface area contributed by atoms with E-state index in [2.05, 4.69) is 31.6 Å². The van der Waals surface area contributed by atoms with Crippen molar-refractivity contribution in [2.45, 2.75) is 56.7 Å². The van der Waals surface area contributed by atoms with E-state index in [4.69, 9.17) is 0 Å². The first-order valence-electron chi connectivity index (χ1n) is 11.7. The Hall–Kier alpha value is -3.13. The Balaban J connectivity index is 1.49. The first-order valence-corrected chi connectivity index (χ1v) is 12.6. The Labute approximate surface area is 196 Å². The van der Waals surface area contributed by atoms with Gasteiger partial charge in [-0.15, -0.1) is 11.3 Å². The fourth-order valence-electron chi connectivity index (χ4n) is 5.78. The van der Waals surface area contributed by atoms with Gasteiger partial charge in [-0.2, -0.15) is 0 Å². The molecular weight excluding hydrogens is 434 g/mol. The van der Waals surface area contributed by atoms with Crippen molar-refractivity contribution < 1.29 is 9.59 Å². The second-order valence-electron chi connectivity index (χ2n) is 9.09. The number of carbonyl (C=O) groups excluding carboxylic acids is 2. The Morgan fingerprint density at radius 1 is 1.21 bits per heavy atom. The third-order valence-corrected chi connectivity index (χ3v) is 8.08. The van der Waals surface area contributed by atoms with Gasteiger partial charge >= 0.3 is 0 Å². The summed E-state index contributed by atoms with van der Waals surface area (Å²) in [5.41, 5.74) is 3.67. The molecule has 2 aliphatic heterocycles. The molecule has 3 atom stereocenters. The highest BCUT2D eigenvalue weighted by molar-refractivity contribution is 7.09. The van der Waals surface area contributed by atoms with Gasteiger partial charge in [0.1, 0.15) is 0 Å². The number of nitrogens with one attached hydrogen (secondary N) is 3. The molecule has 7 nitrogen and oxygen atoms in total. The number of H-pyrrole nitrogens is 1. The summed E-state index contributed by atoms with van der Waals surface area (Å²) in [4.78, 5) is 36.9. The summed E-state index contributed by atoms with van der Waals surface area (Å²) in [7, 11) is 0. The van der Waals surface area contributed by atoms with Gasteiger partial charge < -0.3 is 20.5 Å². The number of carbonyl (C=O) groups is 2. The largest absolute Gasteiger partial charge is 0.382 e. The average Bonchev–Trinajstić information content (AvgIpc) is 3.57. The van der Waals surface area contributed by atoms with Crippen LogP contribution in [0.5, 0.6) is 0 Å². The maximum atomic E-state index is 14.0. The number of aromatic nitrogens is 2. The molecule has 4 heterocycles. The average molecular weight is 462 g/mol. The zero-order valence-corrected chi connectivity index (χ0v) is 19.2. The molecule has 3 aromatic rings. The van der Waals surface area contributed by atoms with Crippen molar-refractivity contribution in [2.24, 2.45) is 0 Å². The number of thiazole rings is 1. The zero-order valence-electron chi connectivity index (χ0n) is 18.3. The first kappa shape index (κ1) is 20.5. The minimum atomic E-state index is -0.411. The van der Waals surface area contributed by atoms with Crippen molar-refractivity contribution in [2.75, 3.05) is 6.54 Å². The van der Waals surface area contributed by atoms with Crippen molar-refractivity contribution in [3.05, 3.63) is 63.9 Å². The quantitative estimate of drug-likeness (QED) is 0.555. The molecule has 1 saturated carbocycles. The van der Waals surface area contributed by atoms with E-state index in [0.29, 0.717) is 25.0 Å². The third kappa shape index (κ3) is 3.53. The lowest BCUT2D eigenvalue weighted by atomic mass is 9.86. The molecule has 170 valence electrons. The fraction of sp³-hybridized carbons (Fsp3) is 0.400. The molecule has 0 spiro atoms. The van der Waals surface area contributed by atoms with Crippen molar-refractivity contribution >= 4 is 34.1 Å². The lowest BCUT2D eigenvalue weighted by Crippen LogP contribution is -2.53. The second kappa shape index (κ2) is 8.33. The van der Waals surface area contributed by atoms with E-state index in [1.807, 2.05) is 29.8 Å². The highest BCUT2D eigenvalue weighted by Crippen LogP contribution is 2.42. The van der Waals surface area contributed by atoms with Crippen LogP contribution >= 0.6 is 11.3 Å². The van der Waals surface area contributed by atoms with Crippen molar-refractivity contribution in [1.29, 1.82) is 0 Å². The van der Waals surface area contributed by atoms with Crippen LogP contribution < -0.4 is 10.6 Å². The normalized spacial score (nSPS) is 24.8. The van der Waals surface area contributed by atoms with E-state index in [0.717, 1.165) is 52.9 Å². The molecule has 1 fully saturated rings. The van der Waals surface area contributed by atoms with Gasteiger partial charge in [0, 0.05) is 53.3 Å². The van der Waals surface area contributed by atoms with Crippen molar-refractivity contribution in [3.8, 4) is 0 Å². The lowest BCUT2D eigenvalue weighted by molar-refractivity contribution is -0.137. The second-order valence-corrected chi connectivity index (χ2v) is 10.1. The molecule has 3 N–H and O–H groups in total. The Morgan fingerprint density at radius 3 is 3.00 bits per heavy atom. The maximum absolute atomic E-state index is 14.0. The number of amides is 2. The zero-order chi connectivity index (χ0) is 22.4. The molecule has 0 radical (unpaired) electrons. The minimum absolute atomic E-state index is 0.0557. The maximum Gasteiger partial charge on any atom is 0.251 e. The van der Waals surface area contributed by atoms with Gasteiger partial charge in [-0.25, -0.2) is 4.98 Å². The Bertz CT molecular complexity index is 1230. The topological polar surface area (TPSA) is 90.1 Å². The standard InChI is InChI=1S/C25H27N5O2S/c31-22(9-8-21-27-12-13-33-21)30-20-7-2-1-5-18(20)29-19-14-28-25(32)23(19)24(30)16-4-3-6-17-15(16)10-11-26-17/h3-4,6,10-13,18,20,24,26,29H,1-2,5,7-9,14H2,(H,28,32)/t18-,20-,24-/m1/s1. The van der Waals surface area contributed by atoms with E-state index in [1.54, 1.807) is 17.5 Å². The number of rotatable bonds is 4. The number of fused-ring (bicyclic) bond motifs is 2. The molecule has 1 aromatic carbocycles. The van der Waals surface area contributed by atoms with E-state index < -0.39 is 6.04 Å². The molecule has 3 aliphatic rings. The third-order valence-electron chi connectivity index (χ3n) is 7.24. The molecule has 0 bridgehead atoms. The molecule has 0 saturated heterocycles. The van der Waals surface area contributed by atoms with Gasteiger partial charge in [0.15, 0.2) is 0 Å². The molecule has 8 heteroatoms. The predicted octanol–water partition coefficient (Wildman–Crippen LogP) is 3.43. The summed E-state index contributed by atoms with van der Waals surface area (Å²) in [6.45, 7) is 0.498.